The number of imide groups is 2. The number of nitrogens with one attached hydrogen (secondary N) is 1. The van der Waals surface area contributed by atoms with Gasteiger partial charge in [-0.05, 0) is 36.3 Å². The second kappa shape index (κ2) is 7.65. The first-order valence-electron chi connectivity index (χ1n) is 8.24. The maximum absolute atomic E-state index is 12.7. The maximum Gasteiger partial charge on any atom is 0.331 e. The molecule has 1 fully saturated rings. The molecule has 0 aliphatic carbocycles. The predicted molar refractivity (Wildman–Crippen MR) is 96.1 cm³/mol. The standard InChI is InChI=1S/C20H18N2O4/c1-2-26-16-10-8-14(9-11-16)12-17-18(23)21-20(25)22(19(17)24)13-15-6-4-3-5-7-15/h3-12H,2,13H2,1H3,(H,21,23,25)/b17-12+. The summed E-state index contributed by atoms with van der Waals surface area (Å²) >= 11 is 0. The molecule has 0 aromatic heterocycles. The van der Waals surface area contributed by atoms with E-state index in [1.807, 2.05) is 37.3 Å². The summed E-state index contributed by atoms with van der Waals surface area (Å²) in [4.78, 5) is 37.9. The van der Waals surface area contributed by atoms with Gasteiger partial charge in [-0.15, -0.1) is 0 Å². The van der Waals surface area contributed by atoms with Crippen LogP contribution in [0.15, 0.2) is 60.2 Å². The third-order valence-electron chi connectivity index (χ3n) is 3.87. The van der Waals surface area contributed by atoms with Gasteiger partial charge in [0.25, 0.3) is 11.8 Å². The Morgan fingerprint density at radius 3 is 2.35 bits per heavy atom. The van der Waals surface area contributed by atoms with E-state index in [0.29, 0.717) is 17.9 Å². The number of hydrogen-bond acceptors (Lipinski definition) is 4. The molecule has 3 rings (SSSR count). The van der Waals surface area contributed by atoms with Crippen LogP contribution in [0, 0.1) is 0 Å². The maximum atomic E-state index is 12.7. The van der Waals surface area contributed by atoms with Crippen molar-refractivity contribution in [2.24, 2.45) is 0 Å². The van der Waals surface area contributed by atoms with Crippen LogP contribution in [0.4, 0.5) is 4.79 Å². The molecule has 0 unspecified atom stereocenters. The summed E-state index contributed by atoms with van der Waals surface area (Å²) in [6, 6.07) is 15.4. The van der Waals surface area contributed by atoms with Gasteiger partial charge in [-0.25, -0.2) is 4.79 Å². The zero-order chi connectivity index (χ0) is 18.5. The number of carbonyl (C=O) groups is 3. The Labute approximate surface area is 151 Å². The fourth-order valence-electron chi connectivity index (χ4n) is 2.60. The molecule has 0 atom stereocenters. The molecule has 6 nitrogen and oxygen atoms in total. The fourth-order valence-corrected chi connectivity index (χ4v) is 2.60. The van der Waals surface area contributed by atoms with Crippen molar-refractivity contribution < 1.29 is 19.1 Å². The molecule has 2 aromatic carbocycles. The third-order valence-corrected chi connectivity index (χ3v) is 3.87. The number of carbonyl (C=O) groups excluding carboxylic acids is 3. The number of hydrogen-bond donors (Lipinski definition) is 1. The summed E-state index contributed by atoms with van der Waals surface area (Å²) in [5.41, 5.74) is 1.39. The third kappa shape index (κ3) is 3.80. The molecule has 6 heteroatoms. The number of amides is 4. The molecule has 1 aliphatic rings. The fraction of sp³-hybridized carbons (Fsp3) is 0.150. The van der Waals surface area contributed by atoms with Gasteiger partial charge in [-0.1, -0.05) is 42.5 Å². The molecule has 132 valence electrons. The lowest BCUT2D eigenvalue weighted by Gasteiger charge is -2.26. The zero-order valence-electron chi connectivity index (χ0n) is 14.3. The van der Waals surface area contributed by atoms with Crippen molar-refractivity contribution in [2.45, 2.75) is 13.5 Å². The minimum absolute atomic E-state index is 0.0790. The van der Waals surface area contributed by atoms with Gasteiger partial charge in [0.05, 0.1) is 13.2 Å². The van der Waals surface area contributed by atoms with E-state index in [0.717, 1.165) is 10.5 Å². The molecule has 1 aliphatic heterocycles. The number of rotatable bonds is 5. The second-order valence-corrected chi connectivity index (χ2v) is 5.70. The van der Waals surface area contributed by atoms with Gasteiger partial charge in [-0.2, -0.15) is 0 Å². The highest BCUT2D eigenvalue weighted by atomic mass is 16.5. The summed E-state index contributed by atoms with van der Waals surface area (Å²) < 4.78 is 5.37. The van der Waals surface area contributed by atoms with Crippen LogP contribution in [0.2, 0.25) is 0 Å². The molecule has 2 aromatic rings. The summed E-state index contributed by atoms with van der Waals surface area (Å²) in [5.74, 6) is -0.607. The zero-order valence-corrected chi connectivity index (χ0v) is 14.3. The van der Waals surface area contributed by atoms with Crippen LogP contribution in [0.1, 0.15) is 18.1 Å². The second-order valence-electron chi connectivity index (χ2n) is 5.70. The average molecular weight is 350 g/mol. The monoisotopic (exact) mass is 350 g/mol. The Morgan fingerprint density at radius 2 is 1.69 bits per heavy atom. The molecule has 0 saturated carbocycles. The smallest absolute Gasteiger partial charge is 0.331 e. The summed E-state index contributed by atoms with van der Waals surface area (Å²) in [7, 11) is 0. The highest BCUT2D eigenvalue weighted by Gasteiger charge is 2.35. The normalized spacial score (nSPS) is 16.0. The molecule has 0 radical (unpaired) electrons. The lowest BCUT2D eigenvalue weighted by Crippen LogP contribution is -2.53. The van der Waals surface area contributed by atoms with E-state index in [4.69, 9.17) is 4.74 Å². The lowest BCUT2D eigenvalue weighted by molar-refractivity contribution is -0.130. The van der Waals surface area contributed by atoms with Gasteiger partial charge < -0.3 is 4.74 Å². The van der Waals surface area contributed by atoms with E-state index in [1.165, 1.54) is 6.08 Å². The van der Waals surface area contributed by atoms with Gasteiger partial charge in [0.2, 0.25) is 0 Å². The van der Waals surface area contributed by atoms with E-state index in [9.17, 15) is 14.4 Å². The molecule has 26 heavy (non-hydrogen) atoms. The van der Waals surface area contributed by atoms with Crippen LogP contribution in [-0.2, 0) is 16.1 Å². The minimum Gasteiger partial charge on any atom is -0.494 e. The van der Waals surface area contributed by atoms with E-state index in [1.54, 1.807) is 24.3 Å². The van der Waals surface area contributed by atoms with Crippen LogP contribution in [0.3, 0.4) is 0 Å². The number of nitrogens with zero attached hydrogens (tertiary/aromatic N) is 1. The number of barbiturate groups is 1. The predicted octanol–water partition coefficient (Wildman–Crippen LogP) is 2.75. The van der Waals surface area contributed by atoms with Gasteiger partial charge in [0, 0.05) is 0 Å². The van der Waals surface area contributed by atoms with Crippen LogP contribution < -0.4 is 10.1 Å². The average Bonchev–Trinajstić information content (AvgIpc) is 2.65. The molecule has 0 spiro atoms. The highest BCUT2D eigenvalue weighted by molar-refractivity contribution is 6.30. The largest absolute Gasteiger partial charge is 0.494 e. The Morgan fingerprint density at radius 1 is 1.00 bits per heavy atom. The molecular weight excluding hydrogens is 332 g/mol. The lowest BCUT2D eigenvalue weighted by atomic mass is 10.1. The molecule has 4 amide bonds. The first-order valence-corrected chi connectivity index (χ1v) is 8.24. The van der Waals surface area contributed by atoms with Crippen molar-refractivity contribution in [3.05, 3.63) is 71.3 Å². The summed E-state index contributed by atoms with van der Waals surface area (Å²) in [5, 5.41) is 2.22. The van der Waals surface area contributed by atoms with Crippen molar-refractivity contribution in [2.75, 3.05) is 6.61 Å². The molecule has 1 heterocycles. The summed E-state index contributed by atoms with van der Waals surface area (Å²) in [6.45, 7) is 2.54. The van der Waals surface area contributed by atoms with Crippen molar-refractivity contribution in [1.29, 1.82) is 0 Å². The van der Waals surface area contributed by atoms with Crippen molar-refractivity contribution >= 4 is 23.9 Å². The number of urea groups is 1. The highest BCUT2D eigenvalue weighted by Crippen LogP contribution is 2.19. The Hall–Kier alpha value is -3.41. The van der Waals surface area contributed by atoms with Crippen molar-refractivity contribution in [3.63, 3.8) is 0 Å². The molecule has 0 bridgehead atoms. The SMILES string of the molecule is CCOc1ccc(/C=C2\C(=O)NC(=O)N(Cc3ccccc3)C2=O)cc1. The molecule has 1 saturated heterocycles. The van der Waals surface area contributed by atoms with Gasteiger partial charge in [0.1, 0.15) is 11.3 Å². The van der Waals surface area contributed by atoms with E-state index < -0.39 is 17.8 Å². The number of ether oxygens (including phenoxy) is 1. The molecular formula is C20H18N2O4. The first kappa shape index (κ1) is 17.4. The van der Waals surface area contributed by atoms with E-state index in [-0.39, 0.29) is 12.1 Å². The Balaban J connectivity index is 1.84. The summed E-state index contributed by atoms with van der Waals surface area (Å²) in [6.07, 6.45) is 1.47. The van der Waals surface area contributed by atoms with Gasteiger partial charge in [0.15, 0.2) is 0 Å². The minimum atomic E-state index is -0.715. The number of benzene rings is 2. The van der Waals surface area contributed by atoms with Crippen LogP contribution >= 0.6 is 0 Å². The van der Waals surface area contributed by atoms with Crippen LogP contribution in [-0.4, -0.2) is 29.4 Å². The Bertz CT molecular complexity index is 857. The molecule has 1 N–H and O–H groups in total. The van der Waals surface area contributed by atoms with Crippen molar-refractivity contribution in [1.82, 2.24) is 10.2 Å². The van der Waals surface area contributed by atoms with Crippen LogP contribution in [0.5, 0.6) is 5.75 Å². The van der Waals surface area contributed by atoms with Gasteiger partial charge in [-0.3, -0.25) is 19.8 Å². The Kier molecular flexibility index (Phi) is 5.12. The quantitative estimate of drug-likeness (QED) is 0.664. The van der Waals surface area contributed by atoms with E-state index in [2.05, 4.69) is 5.32 Å². The van der Waals surface area contributed by atoms with E-state index >= 15 is 0 Å². The first-order chi connectivity index (χ1) is 12.6. The van der Waals surface area contributed by atoms with Crippen LogP contribution in [0.25, 0.3) is 6.08 Å². The topological polar surface area (TPSA) is 75.7 Å². The van der Waals surface area contributed by atoms with Crippen molar-refractivity contribution in [3.8, 4) is 5.75 Å². The van der Waals surface area contributed by atoms with Gasteiger partial charge >= 0.3 is 6.03 Å².